The van der Waals surface area contributed by atoms with Gasteiger partial charge in [0.25, 0.3) is 0 Å². The molecule has 1 aromatic carbocycles. The second kappa shape index (κ2) is 5.96. The molecule has 1 aliphatic carbocycles. The van der Waals surface area contributed by atoms with Crippen molar-refractivity contribution in [1.82, 2.24) is 15.0 Å². The fourth-order valence-electron chi connectivity index (χ4n) is 3.66. The number of nitrogens with one attached hydrogen (secondary N) is 1. The van der Waals surface area contributed by atoms with Crippen LogP contribution in [0.2, 0.25) is 0 Å². The van der Waals surface area contributed by atoms with Crippen molar-refractivity contribution in [3.63, 3.8) is 0 Å². The van der Waals surface area contributed by atoms with Crippen molar-refractivity contribution in [2.75, 3.05) is 4.43 Å². The number of aromatic amines is 1. The van der Waals surface area contributed by atoms with E-state index in [1.807, 2.05) is 0 Å². The van der Waals surface area contributed by atoms with Crippen molar-refractivity contribution in [3.8, 4) is 0 Å². The molecule has 3 aromatic rings. The minimum Gasteiger partial charge on any atom is -0.352 e. The van der Waals surface area contributed by atoms with Crippen molar-refractivity contribution >= 4 is 44.5 Å². The van der Waals surface area contributed by atoms with Crippen molar-refractivity contribution in [2.45, 2.75) is 31.6 Å². The molecule has 1 saturated carbocycles. The molecule has 1 aliphatic rings. The van der Waals surface area contributed by atoms with Crippen LogP contribution in [-0.2, 0) is 0 Å². The predicted octanol–water partition coefficient (Wildman–Crippen LogP) is 5.10. The Morgan fingerprint density at radius 3 is 2.65 bits per heavy atom. The summed E-state index contributed by atoms with van der Waals surface area (Å²) in [4.78, 5) is 11.9. The smallest absolute Gasteiger partial charge is 0.137 e. The van der Waals surface area contributed by atoms with Gasteiger partial charge in [0.05, 0.1) is 22.1 Å². The van der Waals surface area contributed by atoms with Gasteiger partial charge in [0.1, 0.15) is 23.5 Å². The molecule has 0 spiro atoms. The van der Waals surface area contributed by atoms with Crippen LogP contribution in [0.25, 0.3) is 21.9 Å². The Balaban J connectivity index is 1.84. The number of benzene rings is 1. The molecule has 0 radical (unpaired) electrons. The molecule has 1 fully saturated rings. The summed E-state index contributed by atoms with van der Waals surface area (Å²) in [6.45, 7) is 0. The summed E-state index contributed by atoms with van der Waals surface area (Å²) in [7, 11) is 0. The zero-order valence-corrected chi connectivity index (χ0v) is 14.6. The normalized spacial score (nSPS) is 22.0. The van der Waals surface area contributed by atoms with E-state index >= 15 is 0 Å². The topological polar surface area (TPSA) is 41.6 Å². The maximum Gasteiger partial charge on any atom is 0.137 e. The lowest BCUT2D eigenvalue weighted by Crippen LogP contribution is -2.15. The second-order valence-electron chi connectivity index (χ2n) is 6.29. The van der Waals surface area contributed by atoms with Crippen molar-refractivity contribution in [2.24, 2.45) is 5.92 Å². The summed E-state index contributed by atoms with van der Waals surface area (Å²) in [6, 6.07) is 2.22. The standard InChI is InChI=1S/C17H16F2IN3/c18-11-5-12(19)14-13(6-11)23-17-15(21-8-22-16(14)17)10-3-1-9(7-20)2-4-10/h5-6,8-10,23H,1-4,7H2. The molecule has 3 nitrogen and oxygen atoms in total. The van der Waals surface area contributed by atoms with Crippen LogP contribution in [0.1, 0.15) is 37.3 Å². The van der Waals surface area contributed by atoms with Gasteiger partial charge in [-0.1, -0.05) is 22.6 Å². The number of rotatable bonds is 2. The first-order valence-electron chi connectivity index (χ1n) is 7.84. The Morgan fingerprint density at radius 2 is 1.91 bits per heavy atom. The summed E-state index contributed by atoms with van der Waals surface area (Å²) in [6.07, 6.45) is 6.07. The Morgan fingerprint density at radius 1 is 1.13 bits per heavy atom. The minimum atomic E-state index is -0.585. The number of nitrogens with zero attached hydrogens (tertiary/aromatic N) is 2. The molecule has 2 heterocycles. The van der Waals surface area contributed by atoms with Gasteiger partial charge in [-0.05, 0) is 37.7 Å². The van der Waals surface area contributed by atoms with E-state index in [0.29, 0.717) is 22.3 Å². The fraction of sp³-hybridized carbons (Fsp3) is 0.412. The zero-order valence-electron chi connectivity index (χ0n) is 12.5. The third-order valence-electron chi connectivity index (χ3n) is 4.88. The first-order valence-corrected chi connectivity index (χ1v) is 9.37. The monoisotopic (exact) mass is 427 g/mol. The number of hydrogen-bond acceptors (Lipinski definition) is 2. The number of alkyl halides is 1. The summed E-state index contributed by atoms with van der Waals surface area (Å²) in [5, 5.41) is 0.353. The Labute approximate surface area is 146 Å². The van der Waals surface area contributed by atoms with Crippen LogP contribution >= 0.6 is 22.6 Å². The van der Waals surface area contributed by atoms with Gasteiger partial charge in [-0.25, -0.2) is 18.7 Å². The van der Waals surface area contributed by atoms with Crippen molar-refractivity contribution in [3.05, 3.63) is 35.8 Å². The summed E-state index contributed by atoms with van der Waals surface area (Å²) < 4.78 is 28.8. The van der Waals surface area contributed by atoms with Crippen LogP contribution in [0, 0.1) is 17.6 Å². The second-order valence-corrected chi connectivity index (χ2v) is 7.17. The largest absolute Gasteiger partial charge is 0.352 e. The number of halogens is 3. The van der Waals surface area contributed by atoms with Crippen LogP contribution in [0.4, 0.5) is 8.78 Å². The number of H-pyrrole nitrogens is 1. The summed E-state index contributed by atoms with van der Waals surface area (Å²) in [5.41, 5.74) is 2.70. The highest BCUT2D eigenvalue weighted by molar-refractivity contribution is 14.1. The van der Waals surface area contributed by atoms with Crippen LogP contribution in [0.5, 0.6) is 0 Å². The molecular weight excluding hydrogens is 411 g/mol. The number of hydrogen-bond donors (Lipinski definition) is 1. The molecule has 1 N–H and O–H groups in total. The van der Waals surface area contributed by atoms with E-state index in [2.05, 4.69) is 37.5 Å². The third kappa shape index (κ3) is 2.60. The lowest BCUT2D eigenvalue weighted by Gasteiger charge is -2.27. The minimum absolute atomic E-state index is 0.353. The molecule has 0 bridgehead atoms. The highest BCUT2D eigenvalue weighted by atomic mass is 127. The van der Waals surface area contributed by atoms with Gasteiger partial charge in [0.15, 0.2) is 0 Å². The molecule has 4 rings (SSSR count). The van der Waals surface area contributed by atoms with Crippen LogP contribution in [0.15, 0.2) is 18.5 Å². The number of aromatic nitrogens is 3. The molecule has 0 unspecified atom stereocenters. The molecule has 0 saturated heterocycles. The Bertz CT molecular complexity index is 869. The highest BCUT2D eigenvalue weighted by Gasteiger charge is 2.25. The molecule has 2 aromatic heterocycles. The van der Waals surface area contributed by atoms with Gasteiger partial charge >= 0.3 is 0 Å². The van der Waals surface area contributed by atoms with E-state index in [-0.39, 0.29) is 0 Å². The quantitative estimate of drug-likeness (QED) is 0.457. The van der Waals surface area contributed by atoms with E-state index in [9.17, 15) is 8.78 Å². The fourth-order valence-corrected chi connectivity index (χ4v) is 4.54. The van der Waals surface area contributed by atoms with Crippen LogP contribution < -0.4 is 0 Å². The van der Waals surface area contributed by atoms with Gasteiger partial charge in [0.2, 0.25) is 0 Å². The molecule has 23 heavy (non-hydrogen) atoms. The SMILES string of the molecule is Fc1cc(F)c2c(c1)[nH]c1c(C3CCC(CI)CC3)ncnc12. The van der Waals surface area contributed by atoms with E-state index in [1.165, 1.54) is 29.7 Å². The summed E-state index contributed by atoms with van der Waals surface area (Å²) >= 11 is 2.45. The lowest BCUT2D eigenvalue weighted by molar-refractivity contribution is 0.353. The van der Waals surface area contributed by atoms with E-state index in [1.54, 1.807) is 0 Å². The lowest BCUT2D eigenvalue weighted by atomic mass is 9.81. The van der Waals surface area contributed by atoms with E-state index in [4.69, 9.17) is 0 Å². The third-order valence-corrected chi connectivity index (χ3v) is 6.13. The molecular formula is C17H16F2IN3. The van der Waals surface area contributed by atoms with E-state index in [0.717, 1.165) is 36.0 Å². The first-order chi connectivity index (χ1) is 11.2. The molecule has 0 atom stereocenters. The number of fused-ring (bicyclic) bond motifs is 3. The van der Waals surface area contributed by atoms with Crippen LogP contribution in [0.3, 0.4) is 0 Å². The van der Waals surface area contributed by atoms with Gasteiger partial charge in [-0.2, -0.15) is 0 Å². The maximum atomic E-state index is 14.2. The average molecular weight is 427 g/mol. The highest BCUT2D eigenvalue weighted by Crippen LogP contribution is 2.39. The van der Waals surface area contributed by atoms with Crippen molar-refractivity contribution < 1.29 is 8.78 Å². The predicted molar refractivity (Wildman–Crippen MR) is 94.9 cm³/mol. The average Bonchev–Trinajstić information content (AvgIpc) is 2.93. The van der Waals surface area contributed by atoms with E-state index < -0.39 is 11.6 Å². The molecule has 6 heteroatoms. The Hall–Kier alpha value is -1.31. The van der Waals surface area contributed by atoms with Gasteiger partial charge in [0, 0.05) is 16.4 Å². The van der Waals surface area contributed by atoms with Crippen molar-refractivity contribution in [1.29, 1.82) is 0 Å². The molecule has 0 aliphatic heterocycles. The van der Waals surface area contributed by atoms with Crippen LogP contribution in [-0.4, -0.2) is 19.4 Å². The van der Waals surface area contributed by atoms with Gasteiger partial charge < -0.3 is 4.98 Å². The van der Waals surface area contributed by atoms with Gasteiger partial charge in [-0.3, -0.25) is 0 Å². The molecule has 0 amide bonds. The zero-order chi connectivity index (χ0) is 16.0. The Kier molecular flexibility index (Phi) is 3.95. The maximum absolute atomic E-state index is 14.2. The molecule has 120 valence electrons. The first kappa shape index (κ1) is 15.2. The van der Waals surface area contributed by atoms with Gasteiger partial charge in [-0.15, -0.1) is 0 Å². The summed E-state index contributed by atoms with van der Waals surface area (Å²) in [5.74, 6) is -0.0118.